The molecule has 2 heterocycles. The fraction of sp³-hybridized carbons (Fsp3) is 0.500. The highest BCUT2D eigenvalue weighted by molar-refractivity contribution is 5.99. The molecule has 2 aliphatic heterocycles. The van der Waals surface area contributed by atoms with Crippen LogP contribution in [0.3, 0.4) is 0 Å². The van der Waals surface area contributed by atoms with Gasteiger partial charge in [-0.1, -0.05) is 12.1 Å². The van der Waals surface area contributed by atoms with E-state index in [-0.39, 0.29) is 18.6 Å². The van der Waals surface area contributed by atoms with E-state index in [0.717, 1.165) is 0 Å². The molecule has 1 atom stereocenters. The molecule has 0 spiro atoms. The Labute approximate surface area is 139 Å². The zero-order valence-electron chi connectivity index (χ0n) is 13.3. The van der Waals surface area contributed by atoms with Gasteiger partial charge >= 0.3 is 12.1 Å². The molecule has 2 N–H and O–H groups in total. The van der Waals surface area contributed by atoms with E-state index in [1.54, 1.807) is 29.2 Å². The molecule has 2 saturated heterocycles. The van der Waals surface area contributed by atoms with Crippen molar-refractivity contribution in [2.45, 2.75) is 0 Å². The van der Waals surface area contributed by atoms with Gasteiger partial charge < -0.3 is 24.8 Å². The summed E-state index contributed by atoms with van der Waals surface area (Å²) in [6, 6.07) is 6.83. The maximum absolute atomic E-state index is 12.6. The number of ether oxygens (including phenoxy) is 2. The van der Waals surface area contributed by atoms with E-state index in [4.69, 9.17) is 9.47 Å². The highest BCUT2D eigenvalue weighted by atomic mass is 16.6. The Morgan fingerprint density at radius 1 is 1.29 bits per heavy atom. The van der Waals surface area contributed by atoms with Crippen LogP contribution in [0, 0.1) is 5.92 Å². The summed E-state index contributed by atoms with van der Waals surface area (Å²) in [6.45, 7) is 2.52. The van der Waals surface area contributed by atoms with Gasteiger partial charge in [0.1, 0.15) is 6.61 Å². The van der Waals surface area contributed by atoms with E-state index < -0.39 is 6.09 Å². The first-order chi connectivity index (χ1) is 11.7. The monoisotopic (exact) mass is 335 g/mol. The summed E-state index contributed by atoms with van der Waals surface area (Å²) in [4.78, 5) is 27.5. The first-order valence-electron chi connectivity index (χ1n) is 7.97. The minimum absolute atomic E-state index is 0.0278. The molecule has 0 unspecified atom stereocenters. The van der Waals surface area contributed by atoms with E-state index in [1.807, 2.05) is 0 Å². The number of benzene rings is 1. The number of nitrogens with one attached hydrogen (secondary N) is 1. The van der Waals surface area contributed by atoms with Crippen molar-refractivity contribution in [3.05, 3.63) is 24.3 Å². The third kappa shape index (κ3) is 3.60. The van der Waals surface area contributed by atoms with Gasteiger partial charge in [0.15, 0.2) is 0 Å². The topological polar surface area (TPSA) is 91.3 Å². The summed E-state index contributed by atoms with van der Waals surface area (Å²) >= 11 is 0. The molecule has 8 heteroatoms. The number of aliphatic hydroxyl groups excluding tert-OH is 1. The van der Waals surface area contributed by atoms with Gasteiger partial charge in [0.25, 0.3) is 0 Å². The predicted octanol–water partition coefficient (Wildman–Crippen LogP) is 1.12. The van der Waals surface area contributed by atoms with Crippen LogP contribution in [-0.2, 0) is 9.47 Å². The third-order valence-corrected chi connectivity index (χ3v) is 4.08. The van der Waals surface area contributed by atoms with Crippen molar-refractivity contribution in [1.82, 2.24) is 4.90 Å². The fourth-order valence-electron chi connectivity index (χ4n) is 2.80. The van der Waals surface area contributed by atoms with Gasteiger partial charge in [-0.05, 0) is 12.1 Å². The molecule has 3 amide bonds. The van der Waals surface area contributed by atoms with Crippen LogP contribution < -0.4 is 10.2 Å². The number of para-hydroxylation sites is 2. The van der Waals surface area contributed by atoms with Gasteiger partial charge in [0, 0.05) is 25.6 Å². The number of aliphatic hydroxyl groups is 1. The molecular weight excluding hydrogens is 314 g/mol. The number of nitrogens with zero attached hydrogens (tertiary/aromatic N) is 2. The molecule has 0 saturated carbocycles. The second-order valence-corrected chi connectivity index (χ2v) is 5.78. The standard InChI is InChI=1S/C16H21N3O5/c20-10-12-9-18(5-7-23-11-12)15(21)17-13-3-1-2-4-14(13)19-6-8-24-16(19)22/h1-4,12,20H,5-11H2,(H,17,21)/t12-/m0/s1. The molecular formula is C16H21N3O5. The van der Waals surface area contributed by atoms with Crippen molar-refractivity contribution in [2.24, 2.45) is 5.92 Å². The first-order valence-corrected chi connectivity index (χ1v) is 7.97. The van der Waals surface area contributed by atoms with Crippen molar-refractivity contribution in [3.63, 3.8) is 0 Å². The molecule has 3 rings (SSSR count). The number of carbonyl (C=O) groups excluding carboxylic acids is 2. The van der Waals surface area contributed by atoms with Crippen LogP contribution in [0.4, 0.5) is 21.0 Å². The average Bonchev–Trinajstić information content (AvgIpc) is 2.87. The largest absolute Gasteiger partial charge is 0.447 e. The summed E-state index contributed by atoms with van der Waals surface area (Å²) in [5.41, 5.74) is 1.16. The zero-order valence-corrected chi connectivity index (χ0v) is 13.3. The number of hydrogen-bond acceptors (Lipinski definition) is 5. The smallest absolute Gasteiger partial charge is 0.414 e. The van der Waals surface area contributed by atoms with Crippen LogP contribution in [0.25, 0.3) is 0 Å². The lowest BCUT2D eigenvalue weighted by atomic mass is 10.1. The third-order valence-electron chi connectivity index (χ3n) is 4.08. The van der Waals surface area contributed by atoms with Gasteiger partial charge in [-0.2, -0.15) is 0 Å². The van der Waals surface area contributed by atoms with Crippen LogP contribution in [0.1, 0.15) is 0 Å². The van der Waals surface area contributed by atoms with E-state index in [9.17, 15) is 14.7 Å². The van der Waals surface area contributed by atoms with Crippen molar-refractivity contribution in [2.75, 3.05) is 56.3 Å². The second-order valence-electron chi connectivity index (χ2n) is 5.78. The Balaban J connectivity index is 1.73. The molecule has 130 valence electrons. The number of urea groups is 1. The number of carbonyl (C=O) groups is 2. The SMILES string of the molecule is O=C(Nc1ccccc1N1CCOC1=O)N1CCOC[C@H](CO)C1. The van der Waals surface area contributed by atoms with E-state index in [2.05, 4.69) is 5.32 Å². The Bertz CT molecular complexity index is 609. The number of anilines is 2. The zero-order chi connectivity index (χ0) is 16.9. The fourth-order valence-corrected chi connectivity index (χ4v) is 2.80. The Morgan fingerprint density at radius 3 is 2.88 bits per heavy atom. The van der Waals surface area contributed by atoms with Crippen molar-refractivity contribution < 1.29 is 24.2 Å². The average molecular weight is 335 g/mol. The van der Waals surface area contributed by atoms with E-state index in [1.165, 1.54) is 4.90 Å². The van der Waals surface area contributed by atoms with Gasteiger partial charge in [0.2, 0.25) is 0 Å². The molecule has 2 fully saturated rings. The highest BCUT2D eigenvalue weighted by Crippen LogP contribution is 2.28. The summed E-state index contributed by atoms with van der Waals surface area (Å²) < 4.78 is 10.4. The lowest BCUT2D eigenvalue weighted by Gasteiger charge is -2.24. The Morgan fingerprint density at radius 2 is 2.12 bits per heavy atom. The molecule has 1 aromatic carbocycles. The van der Waals surface area contributed by atoms with Gasteiger partial charge in [0.05, 0.1) is 31.1 Å². The van der Waals surface area contributed by atoms with Gasteiger partial charge in [-0.15, -0.1) is 0 Å². The number of cyclic esters (lactones) is 1. The van der Waals surface area contributed by atoms with E-state index in [0.29, 0.717) is 50.8 Å². The highest BCUT2D eigenvalue weighted by Gasteiger charge is 2.27. The van der Waals surface area contributed by atoms with Crippen molar-refractivity contribution >= 4 is 23.5 Å². The predicted molar refractivity (Wildman–Crippen MR) is 87.1 cm³/mol. The number of rotatable bonds is 3. The molecule has 1 aromatic rings. The maximum atomic E-state index is 12.6. The Hall–Kier alpha value is -2.32. The first kappa shape index (κ1) is 16.5. The number of amides is 3. The lowest BCUT2D eigenvalue weighted by Crippen LogP contribution is -2.40. The maximum Gasteiger partial charge on any atom is 0.414 e. The van der Waals surface area contributed by atoms with Crippen LogP contribution >= 0.6 is 0 Å². The van der Waals surface area contributed by atoms with Crippen molar-refractivity contribution in [1.29, 1.82) is 0 Å². The molecule has 0 bridgehead atoms. The summed E-state index contributed by atoms with van der Waals surface area (Å²) in [5.74, 6) is -0.0953. The van der Waals surface area contributed by atoms with Gasteiger partial charge in [-0.3, -0.25) is 4.90 Å². The quantitative estimate of drug-likeness (QED) is 0.864. The summed E-state index contributed by atoms with van der Waals surface area (Å²) in [6.07, 6.45) is -0.416. The lowest BCUT2D eigenvalue weighted by molar-refractivity contribution is 0.0958. The van der Waals surface area contributed by atoms with Crippen molar-refractivity contribution in [3.8, 4) is 0 Å². The molecule has 2 aliphatic rings. The summed E-state index contributed by atoms with van der Waals surface area (Å²) in [5, 5.41) is 12.2. The summed E-state index contributed by atoms with van der Waals surface area (Å²) in [7, 11) is 0. The normalized spacial score (nSPS) is 21.4. The van der Waals surface area contributed by atoms with Crippen LogP contribution in [0.5, 0.6) is 0 Å². The van der Waals surface area contributed by atoms with Crippen LogP contribution in [0.2, 0.25) is 0 Å². The van der Waals surface area contributed by atoms with Crippen LogP contribution in [0.15, 0.2) is 24.3 Å². The second kappa shape index (κ2) is 7.50. The number of hydrogen-bond donors (Lipinski definition) is 2. The molecule has 0 aromatic heterocycles. The van der Waals surface area contributed by atoms with E-state index >= 15 is 0 Å². The molecule has 24 heavy (non-hydrogen) atoms. The minimum atomic E-state index is -0.416. The van der Waals surface area contributed by atoms with Gasteiger partial charge in [-0.25, -0.2) is 9.59 Å². The minimum Gasteiger partial charge on any atom is -0.447 e. The Kier molecular flexibility index (Phi) is 5.17. The molecule has 8 nitrogen and oxygen atoms in total. The molecule has 0 aliphatic carbocycles. The van der Waals surface area contributed by atoms with Crippen LogP contribution in [-0.4, -0.2) is 68.2 Å². The molecule has 0 radical (unpaired) electrons.